The van der Waals surface area contributed by atoms with E-state index in [1.807, 2.05) is 25.3 Å². The third kappa shape index (κ3) is 5.71. The van der Waals surface area contributed by atoms with Gasteiger partial charge in [-0.1, -0.05) is 26.0 Å². The van der Waals surface area contributed by atoms with Gasteiger partial charge in [0.1, 0.15) is 0 Å². The number of rotatable bonds is 7. The van der Waals surface area contributed by atoms with Gasteiger partial charge in [0.15, 0.2) is 5.69 Å². The Balaban J connectivity index is 1.73. The molecule has 1 heterocycles. The lowest BCUT2D eigenvalue weighted by atomic mass is 9.71. The van der Waals surface area contributed by atoms with Crippen molar-refractivity contribution in [2.24, 2.45) is 11.3 Å². The fourth-order valence-corrected chi connectivity index (χ4v) is 4.86. The van der Waals surface area contributed by atoms with Crippen LogP contribution in [0, 0.1) is 11.3 Å². The number of carbonyl (C=O) groups excluding carboxylic acids is 2. The minimum atomic E-state index is -0.154. The lowest BCUT2D eigenvalue weighted by molar-refractivity contribution is 0.0897. The van der Waals surface area contributed by atoms with Crippen molar-refractivity contribution < 1.29 is 9.59 Å². The molecule has 1 aromatic carbocycles. The van der Waals surface area contributed by atoms with Crippen molar-refractivity contribution in [3.63, 3.8) is 0 Å². The third-order valence-electron chi connectivity index (χ3n) is 6.26. The quantitative estimate of drug-likeness (QED) is 0.650. The zero-order valence-corrected chi connectivity index (χ0v) is 20.6. The molecule has 0 bridgehead atoms. The van der Waals surface area contributed by atoms with E-state index in [1.165, 1.54) is 0 Å². The van der Waals surface area contributed by atoms with Gasteiger partial charge in [0.05, 0.1) is 11.4 Å². The van der Waals surface area contributed by atoms with Crippen molar-refractivity contribution in [1.82, 2.24) is 25.6 Å². The van der Waals surface area contributed by atoms with E-state index in [0.29, 0.717) is 34.9 Å². The second kappa shape index (κ2) is 10.5. The maximum absolute atomic E-state index is 13.1. The van der Waals surface area contributed by atoms with Gasteiger partial charge in [0, 0.05) is 23.9 Å². The van der Waals surface area contributed by atoms with Gasteiger partial charge in [0.2, 0.25) is 0 Å². The van der Waals surface area contributed by atoms with E-state index < -0.39 is 0 Å². The zero-order chi connectivity index (χ0) is 23.3. The molecule has 2 amide bonds. The molecule has 8 heteroatoms. The van der Waals surface area contributed by atoms with Crippen molar-refractivity contribution >= 4 is 23.6 Å². The minimum absolute atomic E-state index is 0.108. The van der Waals surface area contributed by atoms with E-state index in [4.69, 9.17) is 0 Å². The molecule has 0 radical (unpaired) electrons. The molecule has 1 aliphatic rings. The number of aromatic nitrogens is 3. The van der Waals surface area contributed by atoms with Gasteiger partial charge in [-0.3, -0.25) is 9.59 Å². The van der Waals surface area contributed by atoms with Crippen LogP contribution in [0.3, 0.4) is 0 Å². The molecule has 0 spiro atoms. The molecular weight excluding hydrogens is 422 g/mol. The number of hydrogen-bond acceptors (Lipinski definition) is 5. The molecule has 0 aliphatic heterocycles. The van der Waals surface area contributed by atoms with Crippen LogP contribution >= 0.6 is 11.8 Å². The molecule has 32 heavy (non-hydrogen) atoms. The highest BCUT2D eigenvalue weighted by Crippen LogP contribution is 2.37. The first kappa shape index (κ1) is 24.3. The average Bonchev–Trinajstić information content (AvgIpc) is 3.18. The SMILES string of the molecule is CCNC(=O)c1ccc(-n2nnc(C(=O)NC3CCC(C(C)(C)C)CC3)c2CSC)cc1. The standard InChI is InChI=1S/C24H35N5O2S/c1-6-25-22(30)16-7-13-19(14-8-16)29-20(15-32-5)21(27-28-29)23(31)26-18-11-9-17(10-12-18)24(2,3)4/h7-8,13-14,17-18H,6,9-12,15H2,1-5H3,(H,25,30)(H,26,31). The Morgan fingerprint density at radius 2 is 1.75 bits per heavy atom. The summed E-state index contributed by atoms with van der Waals surface area (Å²) in [6, 6.07) is 7.37. The predicted molar refractivity (Wildman–Crippen MR) is 129 cm³/mol. The Morgan fingerprint density at radius 3 is 2.31 bits per heavy atom. The maximum atomic E-state index is 13.1. The number of thioether (sulfide) groups is 1. The molecule has 1 aromatic heterocycles. The monoisotopic (exact) mass is 457 g/mol. The van der Waals surface area contributed by atoms with Crippen LogP contribution in [0.4, 0.5) is 0 Å². The van der Waals surface area contributed by atoms with E-state index in [1.54, 1.807) is 28.6 Å². The Morgan fingerprint density at radius 1 is 1.09 bits per heavy atom. The van der Waals surface area contributed by atoms with Crippen molar-refractivity contribution in [2.45, 2.75) is 65.2 Å². The molecule has 1 aliphatic carbocycles. The smallest absolute Gasteiger partial charge is 0.274 e. The number of nitrogens with one attached hydrogen (secondary N) is 2. The van der Waals surface area contributed by atoms with Crippen LogP contribution in [0.2, 0.25) is 0 Å². The Kier molecular flexibility index (Phi) is 7.98. The summed E-state index contributed by atoms with van der Waals surface area (Å²) in [5.41, 5.74) is 2.83. The first-order valence-corrected chi connectivity index (χ1v) is 12.8. The first-order valence-electron chi connectivity index (χ1n) is 11.4. The van der Waals surface area contributed by atoms with Crippen molar-refractivity contribution in [3.05, 3.63) is 41.2 Å². The average molecular weight is 458 g/mol. The van der Waals surface area contributed by atoms with Crippen LogP contribution in [0.15, 0.2) is 24.3 Å². The minimum Gasteiger partial charge on any atom is -0.352 e. The lowest BCUT2D eigenvalue weighted by Gasteiger charge is -2.37. The second-order valence-electron chi connectivity index (χ2n) is 9.52. The molecule has 0 unspecified atom stereocenters. The summed E-state index contributed by atoms with van der Waals surface area (Å²) in [5, 5.41) is 14.5. The third-order valence-corrected chi connectivity index (χ3v) is 6.82. The second-order valence-corrected chi connectivity index (χ2v) is 10.4. The van der Waals surface area contributed by atoms with Gasteiger partial charge in [-0.2, -0.15) is 11.8 Å². The predicted octanol–water partition coefficient (Wildman–Crippen LogP) is 4.21. The fourth-order valence-electron chi connectivity index (χ4n) is 4.33. The molecule has 174 valence electrons. The number of carbonyl (C=O) groups is 2. The highest BCUT2D eigenvalue weighted by atomic mass is 32.2. The fraction of sp³-hybridized carbons (Fsp3) is 0.583. The summed E-state index contributed by atoms with van der Waals surface area (Å²) in [4.78, 5) is 25.1. The molecule has 1 saturated carbocycles. The highest BCUT2D eigenvalue weighted by Gasteiger charge is 2.31. The summed E-state index contributed by atoms with van der Waals surface area (Å²) < 4.78 is 1.70. The molecule has 0 atom stereocenters. The number of benzene rings is 1. The summed E-state index contributed by atoms with van der Waals surface area (Å²) in [5.74, 6) is 1.05. The summed E-state index contributed by atoms with van der Waals surface area (Å²) in [6.45, 7) is 9.36. The lowest BCUT2D eigenvalue weighted by Crippen LogP contribution is -2.40. The summed E-state index contributed by atoms with van der Waals surface area (Å²) >= 11 is 1.62. The number of hydrogen-bond donors (Lipinski definition) is 2. The molecule has 2 N–H and O–H groups in total. The van der Waals surface area contributed by atoms with Crippen molar-refractivity contribution in [3.8, 4) is 5.69 Å². The van der Waals surface area contributed by atoms with E-state index in [0.717, 1.165) is 37.1 Å². The Bertz CT molecular complexity index is 925. The summed E-state index contributed by atoms with van der Waals surface area (Å²) in [7, 11) is 0. The van der Waals surface area contributed by atoms with Gasteiger partial charge in [-0.25, -0.2) is 4.68 Å². The van der Waals surface area contributed by atoms with E-state index in [-0.39, 0.29) is 17.9 Å². The molecule has 3 rings (SSSR count). The largest absolute Gasteiger partial charge is 0.352 e. The van der Waals surface area contributed by atoms with Crippen LogP contribution in [-0.4, -0.2) is 45.7 Å². The Hall–Kier alpha value is -2.35. The van der Waals surface area contributed by atoms with Crippen LogP contribution < -0.4 is 10.6 Å². The summed E-state index contributed by atoms with van der Waals surface area (Å²) in [6.07, 6.45) is 6.26. The van der Waals surface area contributed by atoms with Crippen molar-refractivity contribution in [2.75, 3.05) is 12.8 Å². The van der Waals surface area contributed by atoms with E-state index in [2.05, 4.69) is 41.7 Å². The van der Waals surface area contributed by atoms with Gasteiger partial charge >= 0.3 is 0 Å². The molecule has 2 aromatic rings. The van der Waals surface area contributed by atoms with Gasteiger partial charge < -0.3 is 10.6 Å². The Labute approximate surface area is 195 Å². The van der Waals surface area contributed by atoms with Gasteiger partial charge in [0.25, 0.3) is 11.8 Å². The zero-order valence-electron chi connectivity index (χ0n) is 19.8. The maximum Gasteiger partial charge on any atom is 0.274 e. The van der Waals surface area contributed by atoms with Gasteiger partial charge in [-0.05, 0) is 74.5 Å². The van der Waals surface area contributed by atoms with Crippen LogP contribution in [0.1, 0.15) is 79.9 Å². The van der Waals surface area contributed by atoms with Gasteiger partial charge in [-0.15, -0.1) is 5.10 Å². The molecular formula is C24H35N5O2S. The van der Waals surface area contributed by atoms with E-state index in [9.17, 15) is 9.59 Å². The molecule has 0 saturated heterocycles. The first-order chi connectivity index (χ1) is 15.2. The van der Waals surface area contributed by atoms with E-state index >= 15 is 0 Å². The van der Waals surface area contributed by atoms with Crippen LogP contribution in [0.5, 0.6) is 0 Å². The van der Waals surface area contributed by atoms with Crippen LogP contribution in [-0.2, 0) is 5.75 Å². The number of amides is 2. The molecule has 1 fully saturated rings. The highest BCUT2D eigenvalue weighted by molar-refractivity contribution is 7.97. The normalized spacial score (nSPS) is 18.9. The number of nitrogens with zero attached hydrogens (tertiary/aromatic N) is 3. The van der Waals surface area contributed by atoms with Crippen LogP contribution in [0.25, 0.3) is 5.69 Å². The van der Waals surface area contributed by atoms with Crippen molar-refractivity contribution in [1.29, 1.82) is 0 Å². The topological polar surface area (TPSA) is 88.9 Å². The molecule has 7 nitrogen and oxygen atoms in total.